The van der Waals surface area contributed by atoms with E-state index in [1.165, 1.54) is 11.3 Å². The van der Waals surface area contributed by atoms with Crippen molar-refractivity contribution in [3.05, 3.63) is 58.4 Å². The first-order valence-corrected chi connectivity index (χ1v) is 9.49. The van der Waals surface area contributed by atoms with Crippen LogP contribution in [-0.4, -0.2) is 30.3 Å². The SMILES string of the molecule is CCOCCn1c(=NC(=O)COc2ccccc2)sc2cccc(Cl)c21. The third-order valence-corrected chi connectivity index (χ3v) is 4.99. The number of hydrogen-bond donors (Lipinski definition) is 0. The number of aromatic nitrogens is 1. The predicted molar refractivity (Wildman–Crippen MR) is 104 cm³/mol. The monoisotopic (exact) mass is 390 g/mol. The van der Waals surface area contributed by atoms with Crippen LogP contribution in [-0.2, 0) is 16.1 Å². The van der Waals surface area contributed by atoms with Crippen molar-refractivity contribution in [3.63, 3.8) is 0 Å². The fourth-order valence-corrected chi connectivity index (χ4v) is 3.91. The number of amides is 1. The van der Waals surface area contributed by atoms with Crippen LogP contribution in [0.25, 0.3) is 10.2 Å². The van der Waals surface area contributed by atoms with Gasteiger partial charge < -0.3 is 14.0 Å². The van der Waals surface area contributed by atoms with Gasteiger partial charge in [-0.2, -0.15) is 4.99 Å². The van der Waals surface area contributed by atoms with Gasteiger partial charge >= 0.3 is 0 Å². The minimum Gasteiger partial charge on any atom is -0.484 e. The van der Waals surface area contributed by atoms with Gasteiger partial charge in [-0.15, -0.1) is 0 Å². The molecule has 0 N–H and O–H groups in total. The number of thiazole rings is 1. The summed E-state index contributed by atoms with van der Waals surface area (Å²) in [6.07, 6.45) is 0. The molecule has 0 saturated heterocycles. The molecule has 0 aliphatic carbocycles. The Morgan fingerprint density at radius 1 is 1.19 bits per heavy atom. The fourth-order valence-electron chi connectivity index (χ4n) is 2.48. The summed E-state index contributed by atoms with van der Waals surface area (Å²) >= 11 is 7.79. The number of carbonyl (C=O) groups is 1. The van der Waals surface area contributed by atoms with Crippen molar-refractivity contribution >= 4 is 39.1 Å². The maximum atomic E-state index is 12.3. The zero-order chi connectivity index (χ0) is 18.4. The second-order valence-corrected chi connectivity index (χ2v) is 6.84. The third-order valence-electron chi connectivity index (χ3n) is 3.64. The number of hydrogen-bond acceptors (Lipinski definition) is 4. The summed E-state index contributed by atoms with van der Waals surface area (Å²) in [4.78, 5) is 17.1. The normalized spacial score (nSPS) is 11.8. The molecule has 1 heterocycles. The average molecular weight is 391 g/mol. The number of para-hydroxylation sites is 2. The van der Waals surface area contributed by atoms with Crippen molar-refractivity contribution < 1.29 is 14.3 Å². The molecule has 7 heteroatoms. The van der Waals surface area contributed by atoms with E-state index >= 15 is 0 Å². The summed E-state index contributed by atoms with van der Waals surface area (Å²) in [5.74, 6) is 0.293. The van der Waals surface area contributed by atoms with Gasteiger partial charge in [0.1, 0.15) is 5.75 Å². The van der Waals surface area contributed by atoms with Crippen LogP contribution in [0, 0.1) is 0 Å². The van der Waals surface area contributed by atoms with E-state index in [2.05, 4.69) is 4.99 Å². The summed E-state index contributed by atoms with van der Waals surface area (Å²) < 4.78 is 13.8. The van der Waals surface area contributed by atoms with Crippen molar-refractivity contribution in [2.45, 2.75) is 13.5 Å². The smallest absolute Gasteiger partial charge is 0.286 e. The predicted octanol–water partition coefficient (Wildman–Crippen LogP) is 3.90. The number of halogens is 1. The lowest BCUT2D eigenvalue weighted by Gasteiger charge is -2.06. The van der Waals surface area contributed by atoms with E-state index in [-0.39, 0.29) is 12.5 Å². The minimum atomic E-state index is -0.346. The van der Waals surface area contributed by atoms with Crippen LogP contribution in [0.1, 0.15) is 6.92 Å². The first-order valence-electron chi connectivity index (χ1n) is 8.30. The highest BCUT2D eigenvalue weighted by Crippen LogP contribution is 2.25. The summed E-state index contributed by atoms with van der Waals surface area (Å²) in [5, 5.41) is 0.629. The second-order valence-electron chi connectivity index (χ2n) is 5.43. The lowest BCUT2D eigenvalue weighted by molar-refractivity contribution is -0.120. The van der Waals surface area contributed by atoms with Crippen LogP contribution < -0.4 is 9.54 Å². The first-order chi connectivity index (χ1) is 12.7. The topological polar surface area (TPSA) is 52.8 Å². The van der Waals surface area contributed by atoms with Crippen LogP contribution in [0.4, 0.5) is 0 Å². The zero-order valence-corrected chi connectivity index (χ0v) is 15.9. The number of benzene rings is 2. The molecule has 26 heavy (non-hydrogen) atoms. The van der Waals surface area contributed by atoms with Crippen molar-refractivity contribution in [3.8, 4) is 5.75 Å². The second kappa shape index (κ2) is 8.98. The van der Waals surface area contributed by atoms with Crippen molar-refractivity contribution in [1.82, 2.24) is 4.57 Å². The van der Waals surface area contributed by atoms with Gasteiger partial charge in [0.15, 0.2) is 11.4 Å². The third kappa shape index (κ3) is 4.52. The van der Waals surface area contributed by atoms with E-state index in [4.69, 9.17) is 21.1 Å². The van der Waals surface area contributed by atoms with Crippen LogP contribution >= 0.6 is 22.9 Å². The number of ether oxygens (including phenoxy) is 2. The van der Waals surface area contributed by atoms with Crippen LogP contribution in [0.5, 0.6) is 5.75 Å². The van der Waals surface area contributed by atoms with Gasteiger partial charge in [-0.25, -0.2) is 0 Å². The van der Waals surface area contributed by atoms with Crippen molar-refractivity contribution in [2.24, 2.45) is 4.99 Å². The van der Waals surface area contributed by atoms with Crippen molar-refractivity contribution in [2.75, 3.05) is 19.8 Å². The molecular weight excluding hydrogens is 372 g/mol. The Morgan fingerprint density at radius 3 is 2.77 bits per heavy atom. The maximum absolute atomic E-state index is 12.3. The highest BCUT2D eigenvalue weighted by molar-refractivity contribution is 7.16. The van der Waals surface area contributed by atoms with Gasteiger partial charge in [-0.05, 0) is 31.2 Å². The Bertz CT molecular complexity index is 950. The van der Waals surface area contributed by atoms with Crippen LogP contribution in [0.2, 0.25) is 5.02 Å². The molecule has 3 rings (SSSR count). The lowest BCUT2D eigenvalue weighted by Crippen LogP contribution is -2.21. The van der Waals surface area contributed by atoms with E-state index in [0.29, 0.717) is 35.3 Å². The summed E-state index contributed by atoms with van der Waals surface area (Å²) in [7, 11) is 0. The summed E-state index contributed by atoms with van der Waals surface area (Å²) in [5.41, 5.74) is 0.870. The van der Waals surface area contributed by atoms with Gasteiger partial charge in [-0.3, -0.25) is 4.79 Å². The first kappa shape index (κ1) is 18.6. The van der Waals surface area contributed by atoms with E-state index < -0.39 is 0 Å². The fraction of sp³-hybridized carbons (Fsp3) is 0.263. The Labute approximate surface area is 160 Å². The molecule has 0 unspecified atom stereocenters. The Kier molecular flexibility index (Phi) is 6.44. The van der Waals surface area contributed by atoms with Crippen LogP contribution in [0.3, 0.4) is 0 Å². The number of rotatable bonds is 7. The molecule has 0 radical (unpaired) electrons. The Balaban J connectivity index is 1.87. The Hall–Kier alpha value is -2.15. The van der Waals surface area contributed by atoms with Gasteiger partial charge in [-0.1, -0.05) is 47.2 Å². The highest BCUT2D eigenvalue weighted by atomic mass is 35.5. The van der Waals surface area contributed by atoms with Crippen molar-refractivity contribution in [1.29, 1.82) is 0 Å². The number of nitrogens with zero attached hydrogens (tertiary/aromatic N) is 2. The largest absolute Gasteiger partial charge is 0.484 e. The molecule has 0 atom stereocenters. The standard InChI is InChI=1S/C19H19ClN2O3S/c1-2-24-12-11-22-18-15(20)9-6-10-16(18)26-19(22)21-17(23)13-25-14-7-4-3-5-8-14/h3-10H,2,11-13H2,1H3. The Morgan fingerprint density at radius 2 is 2.00 bits per heavy atom. The lowest BCUT2D eigenvalue weighted by atomic mass is 10.3. The molecule has 1 aromatic heterocycles. The molecule has 5 nitrogen and oxygen atoms in total. The molecule has 0 bridgehead atoms. The van der Waals surface area contributed by atoms with E-state index in [9.17, 15) is 4.79 Å². The molecule has 0 aliphatic heterocycles. The molecule has 3 aromatic rings. The molecule has 0 fully saturated rings. The summed E-state index contributed by atoms with van der Waals surface area (Å²) in [6.45, 7) is 3.56. The molecular formula is C19H19ClN2O3S. The number of carbonyl (C=O) groups excluding carboxylic acids is 1. The summed E-state index contributed by atoms with van der Waals surface area (Å²) in [6, 6.07) is 14.9. The van der Waals surface area contributed by atoms with E-state index in [1.807, 2.05) is 47.9 Å². The molecule has 136 valence electrons. The number of fused-ring (bicyclic) bond motifs is 1. The molecule has 0 spiro atoms. The quantitative estimate of drug-likeness (QED) is 0.575. The molecule has 0 saturated carbocycles. The molecule has 1 amide bonds. The maximum Gasteiger partial charge on any atom is 0.286 e. The van der Waals surface area contributed by atoms with Gasteiger partial charge in [0, 0.05) is 13.2 Å². The van der Waals surface area contributed by atoms with Gasteiger partial charge in [0.25, 0.3) is 5.91 Å². The average Bonchev–Trinajstić information content (AvgIpc) is 3.00. The van der Waals surface area contributed by atoms with E-state index in [0.717, 1.165) is 10.2 Å². The van der Waals surface area contributed by atoms with Gasteiger partial charge in [0.05, 0.1) is 21.8 Å². The molecule has 0 aliphatic rings. The minimum absolute atomic E-state index is 0.114. The van der Waals surface area contributed by atoms with Gasteiger partial charge in [0.2, 0.25) is 0 Å². The zero-order valence-electron chi connectivity index (χ0n) is 14.4. The molecule has 2 aromatic carbocycles. The highest BCUT2D eigenvalue weighted by Gasteiger charge is 2.11. The van der Waals surface area contributed by atoms with Crippen LogP contribution in [0.15, 0.2) is 53.5 Å². The van der Waals surface area contributed by atoms with E-state index in [1.54, 1.807) is 12.1 Å².